The topological polar surface area (TPSA) is 136 Å². The number of amides is 1. The summed E-state index contributed by atoms with van der Waals surface area (Å²) in [7, 11) is 7.21. The molecule has 1 fully saturated rings. The summed E-state index contributed by atoms with van der Waals surface area (Å²) in [5.74, 6) is 0.759. The fraction of sp³-hybridized carbons (Fsp3) is 0.361. The predicted molar refractivity (Wildman–Crippen MR) is 191 cm³/mol. The SMILES string of the molecule is COC(=O)c1c(-c2cc(Br)c(OC)c(OC)c2)c2cc(OC)c(OC)cc2c(=O)n1-c1cccc(OCC(=O)NCCCN2CCOCC2)c1. The van der Waals surface area contributed by atoms with Crippen molar-refractivity contribution in [3.05, 3.63) is 69.1 Å². The van der Waals surface area contributed by atoms with E-state index < -0.39 is 11.5 Å². The zero-order valence-electron chi connectivity index (χ0n) is 28.6. The van der Waals surface area contributed by atoms with E-state index in [0.717, 1.165) is 39.3 Å². The second-order valence-electron chi connectivity index (χ2n) is 11.2. The molecular weight excluding hydrogens is 714 g/mol. The van der Waals surface area contributed by atoms with Crippen LogP contribution >= 0.6 is 15.9 Å². The second kappa shape index (κ2) is 16.7. The monoisotopic (exact) mass is 753 g/mol. The Hall–Kier alpha value is -4.79. The quantitative estimate of drug-likeness (QED) is 0.145. The summed E-state index contributed by atoms with van der Waals surface area (Å²) in [5.41, 5.74) is 0.582. The van der Waals surface area contributed by atoms with Gasteiger partial charge in [0.25, 0.3) is 11.5 Å². The molecule has 0 radical (unpaired) electrons. The van der Waals surface area contributed by atoms with Gasteiger partial charge in [-0.2, -0.15) is 0 Å². The number of benzene rings is 3. The Bertz CT molecular complexity index is 1920. The molecule has 1 aliphatic rings. The summed E-state index contributed by atoms with van der Waals surface area (Å²) in [4.78, 5) is 43.1. The lowest BCUT2D eigenvalue weighted by molar-refractivity contribution is -0.123. The smallest absolute Gasteiger partial charge is 0.355 e. The maximum absolute atomic E-state index is 14.4. The van der Waals surface area contributed by atoms with Crippen LogP contribution in [0.15, 0.2) is 57.8 Å². The first-order valence-electron chi connectivity index (χ1n) is 15.9. The number of carbonyl (C=O) groups is 2. The zero-order chi connectivity index (χ0) is 35.8. The van der Waals surface area contributed by atoms with Crippen LogP contribution in [0, 0.1) is 0 Å². The Morgan fingerprint density at radius 2 is 1.58 bits per heavy atom. The fourth-order valence-corrected chi connectivity index (χ4v) is 6.49. The predicted octanol–water partition coefficient (Wildman–Crippen LogP) is 4.46. The third-order valence-corrected chi connectivity index (χ3v) is 8.90. The molecule has 0 saturated carbocycles. The number of fused-ring (bicyclic) bond motifs is 1. The van der Waals surface area contributed by atoms with Crippen LogP contribution in [0.1, 0.15) is 16.9 Å². The van der Waals surface area contributed by atoms with Crippen LogP contribution < -0.4 is 34.6 Å². The molecule has 5 rings (SSSR count). The first kappa shape index (κ1) is 36.5. The summed E-state index contributed by atoms with van der Waals surface area (Å²) in [5, 5.41) is 3.52. The van der Waals surface area contributed by atoms with Gasteiger partial charge in [0.15, 0.2) is 29.6 Å². The molecule has 14 heteroatoms. The first-order valence-corrected chi connectivity index (χ1v) is 16.7. The maximum Gasteiger partial charge on any atom is 0.355 e. The first-order chi connectivity index (χ1) is 24.2. The molecule has 1 aromatic heterocycles. The van der Waals surface area contributed by atoms with Gasteiger partial charge < -0.3 is 38.5 Å². The van der Waals surface area contributed by atoms with E-state index in [0.29, 0.717) is 62.0 Å². The molecule has 4 aromatic rings. The Labute approximate surface area is 298 Å². The summed E-state index contributed by atoms with van der Waals surface area (Å²) >= 11 is 3.55. The van der Waals surface area contributed by atoms with Gasteiger partial charge in [0.2, 0.25) is 0 Å². The summed E-state index contributed by atoms with van der Waals surface area (Å²) in [6.07, 6.45) is 0.804. The lowest BCUT2D eigenvalue weighted by atomic mass is 9.95. The third-order valence-electron chi connectivity index (χ3n) is 8.31. The van der Waals surface area contributed by atoms with Crippen LogP contribution in [-0.4, -0.2) is 103 Å². The number of pyridine rings is 1. The Kier molecular flexibility index (Phi) is 12.2. The van der Waals surface area contributed by atoms with Gasteiger partial charge in [0.1, 0.15) is 11.4 Å². The van der Waals surface area contributed by atoms with Crippen LogP contribution in [-0.2, 0) is 14.3 Å². The summed E-state index contributed by atoms with van der Waals surface area (Å²) < 4.78 is 40.6. The van der Waals surface area contributed by atoms with Crippen molar-refractivity contribution in [1.29, 1.82) is 0 Å². The molecular formula is C36H40BrN3O10. The number of hydrogen-bond acceptors (Lipinski definition) is 11. The normalized spacial score (nSPS) is 13.1. The van der Waals surface area contributed by atoms with Gasteiger partial charge in [-0.25, -0.2) is 4.79 Å². The van der Waals surface area contributed by atoms with E-state index in [1.165, 1.54) is 40.1 Å². The number of nitrogens with zero attached hydrogens (tertiary/aromatic N) is 2. The molecule has 1 N–H and O–H groups in total. The van der Waals surface area contributed by atoms with Crippen molar-refractivity contribution in [3.8, 4) is 45.6 Å². The average Bonchev–Trinajstić information content (AvgIpc) is 3.14. The highest BCUT2D eigenvalue weighted by molar-refractivity contribution is 9.10. The van der Waals surface area contributed by atoms with E-state index in [9.17, 15) is 14.4 Å². The molecule has 0 atom stereocenters. The maximum atomic E-state index is 14.4. The standard InChI is InChI=1S/C36H40BrN3O10/c1-44-28-19-25-26(20-29(28)45-2)35(42)40(33(36(43)48-5)32(25)22-16-27(37)34(47-4)30(17-22)46-3)23-8-6-9-24(18-23)50-21-31(41)38-10-7-11-39-12-14-49-15-13-39/h6,8-9,16-20H,7,10-15,21H2,1-5H3,(H,38,41). The molecule has 266 valence electrons. The fourth-order valence-electron chi connectivity index (χ4n) is 5.88. The second-order valence-corrected chi connectivity index (χ2v) is 12.1. The van der Waals surface area contributed by atoms with E-state index in [1.807, 2.05) is 0 Å². The molecule has 0 spiro atoms. The van der Waals surface area contributed by atoms with Crippen molar-refractivity contribution >= 4 is 38.6 Å². The number of carbonyl (C=O) groups excluding carboxylic acids is 2. The molecule has 0 bridgehead atoms. The number of methoxy groups -OCH3 is 5. The highest BCUT2D eigenvalue weighted by Crippen LogP contribution is 2.44. The van der Waals surface area contributed by atoms with Gasteiger partial charge in [-0.05, 0) is 70.9 Å². The van der Waals surface area contributed by atoms with Gasteiger partial charge in [-0.15, -0.1) is 0 Å². The van der Waals surface area contributed by atoms with E-state index in [2.05, 4.69) is 26.1 Å². The summed E-state index contributed by atoms with van der Waals surface area (Å²) in [6, 6.07) is 13.3. The van der Waals surface area contributed by atoms with Gasteiger partial charge in [-0.3, -0.25) is 19.1 Å². The number of esters is 1. The highest BCUT2D eigenvalue weighted by Gasteiger charge is 2.28. The minimum absolute atomic E-state index is 0.0634. The molecule has 3 aromatic carbocycles. The lowest BCUT2D eigenvalue weighted by Gasteiger charge is -2.26. The van der Waals surface area contributed by atoms with Crippen molar-refractivity contribution in [1.82, 2.24) is 14.8 Å². The average molecular weight is 755 g/mol. The Morgan fingerprint density at radius 1 is 0.880 bits per heavy atom. The molecule has 0 unspecified atom stereocenters. The largest absolute Gasteiger partial charge is 0.493 e. The number of hydrogen-bond donors (Lipinski definition) is 1. The number of aromatic nitrogens is 1. The van der Waals surface area contributed by atoms with Crippen molar-refractivity contribution in [3.63, 3.8) is 0 Å². The number of ether oxygens (including phenoxy) is 7. The zero-order valence-corrected chi connectivity index (χ0v) is 30.2. The molecule has 1 saturated heterocycles. The van der Waals surface area contributed by atoms with E-state index in [4.69, 9.17) is 33.2 Å². The van der Waals surface area contributed by atoms with Crippen molar-refractivity contribution in [2.45, 2.75) is 6.42 Å². The lowest BCUT2D eigenvalue weighted by Crippen LogP contribution is -2.38. The minimum atomic E-state index is -0.775. The third kappa shape index (κ3) is 7.82. The number of nitrogens with one attached hydrogen (secondary N) is 1. The van der Waals surface area contributed by atoms with Crippen molar-refractivity contribution in [2.24, 2.45) is 0 Å². The van der Waals surface area contributed by atoms with Gasteiger partial charge in [0.05, 0.1) is 64.3 Å². The van der Waals surface area contributed by atoms with E-state index in [-0.39, 0.29) is 23.6 Å². The minimum Gasteiger partial charge on any atom is -0.493 e. The van der Waals surface area contributed by atoms with E-state index in [1.54, 1.807) is 48.5 Å². The van der Waals surface area contributed by atoms with Gasteiger partial charge in [0, 0.05) is 36.7 Å². The van der Waals surface area contributed by atoms with Crippen LogP contribution in [0.5, 0.6) is 28.7 Å². The van der Waals surface area contributed by atoms with Crippen LogP contribution in [0.4, 0.5) is 0 Å². The highest BCUT2D eigenvalue weighted by atomic mass is 79.9. The van der Waals surface area contributed by atoms with Crippen LogP contribution in [0.3, 0.4) is 0 Å². The molecule has 13 nitrogen and oxygen atoms in total. The van der Waals surface area contributed by atoms with Gasteiger partial charge >= 0.3 is 5.97 Å². The molecule has 50 heavy (non-hydrogen) atoms. The molecule has 1 aliphatic heterocycles. The van der Waals surface area contributed by atoms with Crippen LogP contribution in [0.2, 0.25) is 0 Å². The molecule has 0 aliphatic carbocycles. The molecule has 1 amide bonds. The number of rotatable bonds is 14. The Morgan fingerprint density at radius 3 is 2.24 bits per heavy atom. The van der Waals surface area contributed by atoms with Crippen molar-refractivity contribution < 1.29 is 42.7 Å². The Balaban J connectivity index is 1.57. The van der Waals surface area contributed by atoms with E-state index >= 15 is 0 Å². The van der Waals surface area contributed by atoms with Gasteiger partial charge in [-0.1, -0.05) is 6.07 Å². The summed E-state index contributed by atoms with van der Waals surface area (Å²) in [6.45, 7) is 4.38. The number of morpholine rings is 1. The number of halogens is 1. The van der Waals surface area contributed by atoms with Crippen molar-refractivity contribution in [2.75, 3.05) is 81.5 Å². The molecule has 2 heterocycles. The van der Waals surface area contributed by atoms with Crippen LogP contribution in [0.25, 0.3) is 27.6 Å².